The fourth-order valence-corrected chi connectivity index (χ4v) is 1.50. The second-order valence-electron chi connectivity index (χ2n) is 3.22. The Bertz CT molecular complexity index is 372. The zero-order valence-electron chi connectivity index (χ0n) is 7.53. The van der Waals surface area contributed by atoms with Gasteiger partial charge < -0.3 is 5.32 Å². The van der Waals surface area contributed by atoms with Gasteiger partial charge in [0.15, 0.2) is 5.83 Å². The molecule has 2 nitrogen and oxygen atoms in total. The number of halogens is 1. The maximum Gasteiger partial charge on any atom is 0.280 e. The Morgan fingerprint density at radius 1 is 1.29 bits per heavy atom. The molecule has 0 aliphatic carbocycles. The molecule has 0 bridgehead atoms. The van der Waals surface area contributed by atoms with E-state index in [0.29, 0.717) is 6.42 Å². The Hall–Kier alpha value is -1.64. The number of rotatable bonds is 1. The van der Waals surface area contributed by atoms with Crippen molar-refractivity contribution in [1.29, 1.82) is 0 Å². The molecule has 0 spiro atoms. The average molecular weight is 191 g/mol. The van der Waals surface area contributed by atoms with E-state index in [2.05, 4.69) is 5.32 Å². The Morgan fingerprint density at radius 2 is 2.00 bits per heavy atom. The van der Waals surface area contributed by atoms with Crippen molar-refractivity contribution in [2.75, 3.05) is 0 Å². The Labute approximate surface area is 81.4 Å². The van der Waals surface area contributed by atoms with Crippen LogP contribution in [-0.2, 0) is 4.79 Å². The van der Waals surface area contributed by atoms with E-state index in [1.165, 1.54) is 6.08 Å². The van der Waals surface area contributed by atoms with E-state index < -0.39 is 11.7 Å². The zero-order valence-corrected chi connectivity index (χ0v) is 7.53. The van der Waals surface area contributed by atoms with Gasteiger partial charge in [-0.25, -0.2) is 4.39 Å². The zero-order chi connectivity index (χ0) is 9.97. The predicted molar refractivity (Wildman–Crippen MR) is 51.1 cm³/mol. The number of carbonyl (C=O) groups excluding carboxylic acids is 1. The topological polar surface area (TPSA) is 29.1 Å². The van der Waals surface area contributed by atoms with E-state index in [-0.39, 0.29) is 6.04 Å². The summed E-state index contributed by atoms with van der Waals surface area (Å²) in [4.78, 5) is 11.0. The molecule has 0 aromatic heterocycles. The van der Waals surface area contributed by atoms with Gasteiger partial charge in [0.25, 0.3) is 5.91 Å². The number of nitrogens with one attached hydrogen (secondary N) is 1. The lowest BCUT2D eigenvalue weighted by atomic mass is 10.0. The van der Waals surface area contributed by atoms with Crippen molar-refractivity contribution in [2.45, 2.75) is 12.5 Å². The summed E-state index contributed by atoms with van der Waals surface area (Å²) in [6.45, 7) is 0. The summed E-state index contributed by atoms with van der Waals surface area (Å²) in [5, 5.41) is 2.60. The van der Waals surface area contributed by atoms with Crippen molar-refractivity contribution < 1.29 is 9.18 Å². The summed E-state index contributed by atoms with van der Waals surface area (Å²) < 4.78 is 12.7. The summed E-state index contributed by atoms with van der Waals surface area (Å²) >= 11 is 0. The lowest BCUT2D eigenvalue weighted by molar-refractivity contribution is -0.120. The quantitative estimate of drug-likeness (QED) is 0.723. The van der Waals surface area contributed by atoms with Crippen LogP contribution in [0, 0.1) is 0 Å². The molecule has 0 radical (unpaired) electrons. The maximum atomic E-state index is 12.7. The third-order valence-corrected chi connectivity index (χ3v) is 2.26. The van der Waals surface area contributed by atoms with E-state index in [9.17, 15) is 9.18 Å². The summed E-state index contributed by atoms with van der Waals surface area (Å²) in [5.74, 6) is -1.30. The molecule has 1 atom stereocenters. The highest BCUT2D eigenvalue weighted by molar-refractivity contribution is 5.92. The van der Waals surface area contributed by atoms with Gasteiger partial charge in [0.2, 0.25) is 0 Å². The molecule has 3 heteroatoms. The summed E-state index contributed by atoms with van der Waals surface area (Å²) in [5.41, 5.74) is 1.00. The van der Waals surface area contributed by atoms with Crippen LogP contribution in [0.3, 0.4) is 0 Å². The largest absolute Gasteiger partial charge is 0.343 e. The molecule has 0 fully saturated rings. The molecule has 1 heterocycles. The van der Waals surface area contributed by atoms with E-state index in [0.717, 1.165) is 5.56 Å². The Balaban J connectivity index is 2.20. The van der Waals surface area contributed by atoms with Gasteiger partial charge in [-0.1, -0.05) is 30.3 Å². The first kappa shape index (κ1) is 8.94. The van der Waals surface area contributed by atoms with Gasteiger partial charge in [-0.2, -0.15) is 0 Å². The molecule has 1 aliphatic rings. The standard InChI is InChI=1S/C11H10FNO/c12-9-6-7-10(13-11(9)14)8-4-2-1-3-5-8/h1-6,10H,7H2,(H,13,14). The molecular weight excluding hydrogens is 181 g/mol. The monoisotopic (exact) mass is 191 g/mol. The van der Waals surface area contributed by atoms with Crippen LogP contribution < -0.4 is 5.32 Å². The van der Waals surface area contributed by atoms with Crippen molar-refractivity contribution in [2.24, 2.45) is 0 Å². The highest BCUT2D eigenvalue weighted by Gasteiger charge is 2.21. The molecule has 1 aliphatic heterocycles. The number of hydrogen-bond acceptors (Lipinski definition) is 1. The third kappa shape index (κ3) is 1.66. The highest BCUT2D eigenvalue weighted by Crippen LogP contribution is 2.22. The summed E-state index contributed by atoms with van der Waals surface area (Å²) in [7, 11) is 0. The van der Waals surface area contributed by atoms with Crippen molar-refractivity contribution in [3.05, 3.63) is 47.8 Å². The van der Waals surface area contributed by atoms with Crippen molar-refractivity contribution in [3.8, 4) is 0 Å². The second kappa shape index (κ2) is 3.62. The first-order chi connectivity index (χ1) is 6.77. The molecule has 1 unspecified atom stereocenters. The van der Waals surface area contributed by atoms with Crippen LogP contribution in [0.5, 0.6) is 0 Å². The van der Waals surface area contributed by atoms with Gasteiger partial charge in [0.1, 0.15) is 0 Å². The van der Waals surface area contributed by atoms with Crippen LogP contribution in [0.15, 0.2) is 42.2 Å². The van der Waals surface area contributed by atoms with Gasteiger partial charge >= 0.3 is 0 Å². The minimum absolute atomic E-state index is 0.0943. The molecule has 1 aromatic carbocycles. The molecule has 1 aromatic rings. The highest BCUT2D eigenvalue weighted by atomic mass is 19.1. The molecule has 0 saturated carbocycles. The molecule has 1 N–H and O–H groups in total. The van der Waals surface area contributed by atoms with Crippen molar-refractivity contribution in [1.82, 2.24) is 5.32 Å². The SMILES string of the molecule is O=C1NC(c2ccccc2)CC=C1F. The van der Waals surface area contributed by atoms with Crippen LogP contribution in [0.25, 0.3) is 0 Å². The second-order valence-corrected chi connectivity index (χ2v) is 3.22. The first-order valence-electron chi connectivity index (χ1n) is 4.49. The lowest BCUT2D eigenvalue weighted by Crippen LogP contribution is -2.31. The first-order valence-corrected chi connectivity index (χ1v) is 4.49. The minimum Gasteiger partial charge on any atom is -0.343 e. The van der Waals surface area contributed by atoms with Crippen LogP contribution >= 0.6 is 0 Å². The fraction of sp³-hybridized carbons (Fsp3) is 0.182. The number of hydrogen-bond donors (Lipinski definition) is 1. The van der Waals surface area contributed by atoms with Gasteiger partial charge in [0.05, 0.1) is 6.04 Å². The number of carbonyl (C=O) groups is 1. The molecular formula is C11H10FNO. The van der Waals surface area contributed by atoms with Crippen LogP contribution in [0.2, 0.25) is 0 Å². The van der Waals surface area contributed by atoms with Crippen molar-refractivity contribution in [3.63, 3.8) is 0 Å². The normalized spacial score (nSPS) is 21.4. The van der Waals surface area contributed by atoms with Crippen LogP contribution in [0.4, 0.5) is 4.39 Å². The van der Waals surface area contributed by atoms with Gasteiger partial charge in [-0.15, -0.1) is 0 Å². The molecule has 72 valence electrons. The van der Waals surface area contributed by atoms with Gasteiger partial charge in [-0.05, 0) is 18.1 Å². The smallest absolute Gasteiger partial charge is 0.280 e. The Kier molecular flexibility index (Phi) is 2.31. The number of benzene rings is 1. The lowest BCUT2D eigenvalue weighted by Gasteiger charge is -2.20. The van der Waals surface area contributed by atoms with E-state index in [4.69, 9.17) is 0 Å². The van der Waals surface area contributed by atoms with Gasteiger partial charge in [0, 0.05) is 0 Å². The molecule has 2 rings (SSSR count). The summed E-state index contributed by atoms with van der Waals surface area (Å²) in [6, 6.07) is 9.45. The Morgan fingerprint density at radius 3 is 2.64 bits per heavy atom. The van der Waals surface area contributed by atoms with E-state index in [1.807, 2.05) is 30.3 Å². The molecule has 14 heavy (non-hydrogen) atoms. The van der Waals surface area contributed by atoms with E-state index >= 15 is 0 Å². The van der Waals surface area contributed by atoms with Gasteiger partial charge in [-0.3, -0.25) is 4.79 Å². The average Bonchev–Trinajstić information content (AvgIpc) is 2.23. The summed E-state index contributed by atoms with van der Waals surface area (Å²) in [6.07, 6.45) is 1.85. The van der Waals surface area contributed by atoms with Crippen LogP contribution in [-0.4, -0.2) is 5.91 Å². The third-order valence-electron chi connectivity index (χ3n) is 2.26. The van der Waals surface area contributed by atoms with Crippen LogP contribution in [0.1, 0.15) is 18.0 Å². The minimum atomic E-state index is -0.683. The fourth-order valence-electron chi connectivity index (χ4n) is 1.50. The van der Waals surface area contributed by atoms with Crippen molar-refractivity contribution >= 4 is 5.91 Å². The predicted octanol–water partition coefficient (Wildman–Crippen LogP) is 2.10. The maximum absolute atomic E-state index is 12.7. The molecule has 1 amide bonds. The molecule has 0 saturated heterocycles. The van der Waals surface area contributed by atoms with E-state index in [1.54, 1.807) is 0 Å². The number of amides is 1.